The molecule has 2 rings (SSSR count). The van der Waals surface area contributed by atoms with Crippen LogP contribution in [0, 0.1) is 5.92 Å². The van der Waals surface area contributed by atoms with Gasteiger partial charge in [-0.1, -0.05) is 6.92 Å². The fourth-order valence-electron chi connectivity index (χ4n) is 2.84. The van der Waals surface area contributed by atoms with Crippen molar-refractivity contribution < 1.29 is 13.2 Å². The normalized spacial score (nSPS) is 27.8. The molecule has 2 N–H and O–H groups in total. The molecule has 0 amide bonds. The summed E-state index contributed by atoms with van der Waals surface area (Å²) in [7, 11) is 0. The molecule has 0 atom stereocenters. The molecule has 114 valence electrons. The quantitative estimate of drug-likeness (QED) is 0.927. The van der Waals surface area contributed by atoms with E-state index in [2.05, 4.69) is 10.1 Å². The Bertz CT molecular complexity index is 433. The smallest absolute Gasteiger partial charge is 0.325 e. The van der Waals surface area contributed by atoms with E-state index in [0.717, 1.165) is 18.8 Å². The summed E-state index contributed by atoms with van der Waals surface area (Å²) >= 11 is 0. The van der Waals surface area contributed by atoms with Crippen molar-refractivity contribution in [1.82, 2.24) is 14.8 Å². The summed E-state index contributed by atoms with van der Waals surface area (Å²) in [5, 5.41) is 4.13. The second-order valence-electron chi connectivity index (χ2n) is 5.75. The molecule has 1 saturated carbocycles. The zero-order valence-corrected chi connectivity index (χ0v) is 11.7. The Morgan fingerprint density at radius 2 is 2.05 bits per heavy atom. The highest BCUT2D eigenvalue weighted by molar-refractivity contribution is 5.00. The number of aromatic nitrogens is 3. The molecule has 0 saturated heterocycles. The van der Waals surface area contributed by atoms with E-state index in [1.807, 2.05) is 6.92 Å². The number of hydrogen-bond donors (Lipinski definition) is 1. The molecule has 0 aliphatic heterocycles. The van der Waals surface area contributed by atoms with Crippen LogP contribution in [0.2, 0.25) is 0 Å². The van der Waals surface area contributed by atoms with Gasteiger partial charge in [0.05, 0.1) is 5.92 Å². The van der Waals surface area contributed by atoms with Crippen molar-refractivity contribution in [2.24, 2.45) is 11.7 Å². The van der Waals surface area contributed by atoms with Crippen LogP contribution in [0.4, 0.5) is 13.2 Å². The maximum absolute atomic E-state index is 12.7. The van der Waals surface area contributed by atoms with Crippen molar-refractivity contribution in [2.45, 2.75) is 63.7 Å². The van der Waals surface area contributed by atoms with Gasteiger partial charge in [0.2, 0.25) is 0 Å². The molecule has 0 aromatic carbocycles. The third-order valence-electron chi connectivity index (χ3n) is 4.09. The van der Waals surface area contributed by atoms with Crippen LogP contribution in [0.1, 0.15) is 44.9 Å². The Morgan fingerprint density at radius 1 is 1.40 bits per heavy atom. The lowest BCUT2D eigenvalue weighted by atomic mass is 9.75. The summed E-state index contributed by atoms with van der Waals surface area (Å²) in [4.78, 5) is 4.19. The van der Waals surface area contributed by atoms with Crippen LogP contribution in [-0.2, 0) is 13.0 Å². The molecule has 1 aliphatic carbocycles. The highest BCUT2D eigenvalue weighted by Gasteiger charge is 2.44. The second kappa shape index (κ2) is 5.71. The summed E-state index contributed by atoms with van der Waals surface area (Å²) < 4.78 is 39.8. The topological polar surface area (TPSA) is 56.7 Å². The maximum atomic E-state index is 12.7. The molecule has 0 radical (unpaired) electrons. The number of halogens is 3. The van der Waals surface area contributed by atoms with E-state index in [1.54, 1.807) is 4.68 Å². The maximum Gasteiger partial charge on any atom is 0.391 e. The van der Waals surface area contributed by atoms with Gasteiger partial charge in [-0.05, 0) is 32.1 Å². The first-order chi connectivity index (χ1) is 9.34. The number of rotatable bonds is 4. The molecule has 1 aliphatic rings. The first kappa shape index (κ1) is 15.3. The Kier molecular flexibility index (Phi) is 4.36. The number of nitrogens with zero attached hydrogens (tertiary/aromatic N) is 3. The van der Waals surface area contributed by atoms with Gasteiger partial charge in [0.1, 0.15) is 12.2 Å². The van der Waals surface area contributed by atoms with E-state index in [0.29, 0.717) is 19.3 Å². The van der Waals surface area contributed by atoms with Gasteiger partial charge in [-0.25, -0.2) is 4.98 Å². The molecule has 7 heteroatoms. The zero-order valence-electron chi connectivity index (χ0n) is 11.7. The largest absolute Gasteiger partial charge is 0.391 e. The van der Waals surface area contributed by atoms with Gasteiger partial charge in [-0.3, -0.25) is 4.68 Å². The van der Waals surface area contributed by atoms with E-state index in [4.69, 9.17) is 5.73 Å². The monoisotopic (exact) mass is 290 g/mol. The van der Waals surface area contributed by atoms with Crippen molar-refractivity contribution in [3.8, 4) is 0 Å². The fraction of sp³-hybridized carbons (Fsp3) is 0.846. The van der Waals surface area contributed by atoms with E-state index in [1.165, 1.54) is 6.33 Å². The molecule has 0 bridgehead atoms. The van der Waals surface area contributed by atoms with Gasteiger partial charge in [-0.15, -0.1) is 0 Å². The standard InChI is InChI=1S/C13H21F3N4/c1-2-7-20-11(18-9-19-20)8-12(17)5-3-10(4-6-12)13(14,15)16/h9-10H,2-8,17H2,1H3. The number of nitrogens with two attached hydrogens (primary N) is 1. The summed E-state index contributed by atoms with van der Waals surface area (Å²) in [6.07, 6.45) is -0.183. The van der Waals surface area contributed by atoms with Gasteiger partial charge < -0.3 is 5.73 Å². The lowest BCUT2D eigenvalue weighted by molar-refractivity contribution is -0.184. The van der Waals surface area contributed by atoms with Crippen molar-refractivity contribution in [1.29, 1.82) is 0 Å². The van der Waals surface area contributed by atoms with Crippen LogP contribution in [0.3, 0.4) is 0 Å². The van der Waals surface area contributed by atoms with Gasteiger partial charge in [0, 0.05) is 18.5 Å². The second-order valence-corrected chi connectivity index (χ2v) is 5.75. The summed E-state index contributed by atoms with van der Waals surface area (Å²) in [5.41, 5.74) is 5.69. The van der Waals surface area contributed by atoms with Crippen LogP contribution in [0.25, 0.3) is 0 Å². The minimum absolute atomic E-state index is 0.113. The van der Waals surface area contributed by atoms with Gasteiger partial charge in [0.25, 0.3) is 0 Å². The van der Waals surface area contributed by atoms with Crippen LogP contribution in [0.5, 0.6) is 0 Å². The van der Waals surface area contributed by atoms with Crippen molar-refractivity contribution in [3.63, 3.8) is 0 Å². The first-order valence-corrected chi connectivity index (χ1v) is 7.06. The third-order valence-corrected chi connectivity index (χ3v) is 4.09. The van der Waals surface area contributed by atoms with E-state index >= 15 is 0 Å². The summed E-state index contributed by atoms with van der Waals surface area (Å²) in [6.45, 7) is 2.80. The lowest BCUT2D eigenvalue weighted by Crippen LogP contribution is -2.47. The van der Waals surface area contributed by atoms with Gasteiger partial charge >= 0.3 is 6.18 Å². The fourth-order valence-corrected chi connectivity index (χ4v) is 2.84. The van der Waals surface area contributed by atoms with Gasteiger partial charge in [-0.2, -0.15) is 18.3 Å². The molecule has 20 heavy (non-hydrogen) atoms. The van der Waals surface area contributed by atoms with Crippen molar-refractivity contribution in [3.05, 3.63) is 12.2 Å². The van der Waals surface area contributed by atoms with Crippen LogP contribution < -0.4 is 5.73 Å². The van der Waals surface area contributed by atoms with Crippen molar-refractivity contribution >= 4 is 0 Å². The lowest BCUT2D eigenvalue weighted by Gasteiger charge is -2.37. The first-order valence-electron chi connectivity index (χ1n) is 7.06. The number of alkyl halides is 3. The van der Waals surface area contributed by atoms with E-state index in [9.17, 15) is 13.2 Å². The SMILES string of the molecule is CCCn1ncnc1CC1(N)CCC(C(F)(F)F)CC1. The van der Waals surface area contributed by atoms with Gasteiger partial charge in [0.15, 0.2) is 0 Å². The van der Waals surface area contributed by atoms with E-state index in [-0.39, 0.29) is 12.8 Å². The average molecular weight is 290 g/mol. The Hall–Kier alpha value is -1.11. The molecule has 0 unspecified atom stereocenters. The molecule has 1 fully saturated rings. The van der Waals surface area contributed by atoms with Crippen molar-refractivity contribution in [2.75, 3.05) is 0 Å². The zero-order chi connectivity index (χ0) is 14.8. The van der Waals surface area contributed by atoms with Crippen LogP contribution in [-0.4, -0.2) is 26.5 Å². The van der Waals surface area contributed by atoms with E-state index < -0.39 is 17.6 Å². The average Bonchev–Trinajstić information content (AvgIpc) is 2.76. The Labute approximate surface area is 116 Å². The third kappa shape index (κ3) is 3.50. The van der Waals surface area contributed by atoms with Crippen LogP contribution in [0.15, 0.2) is 6.33 Å². The molecule has 1 aromatic rings. The molecular weight excluding hydrogens is 269 g/mol. The minimum Gasteiger partial charge on any atom is -0.325 e. The van der Waals surface area contributed by atoms with Crippen LogP contribution >= 0.6 is 0 Å². The number of hydrogen-bond acceptors (Lipinski definition) is 3. The predicted octanol–water partition coefficient (Wildman–Crippen LogP) is 2.68. The molecule has 0 spiro atoms. The molecule has 1 heterocycles. The Balaban J connectivity index is 1.98. The molecular formula is C13H21F3N4. The number of aryl methyl sites for hydroxylation is 1. The molecule has 1 aromatic heterocycles. The highest BCUT2D eigenvalue weighted by atomic mass is 19.4. The predicted molar refractivity (Wildman–Crippen MR) is 68.9 cm³/mol. The summed E-state index contributed by atoms with van der Waals surface area (Å²) in [6, 6.07) is 0. The summed E-state index contributed by atoms with van der Waals surface area (Å²) in [5.74, 6) is -0.424. The Morgan fingerprint density at radius 3 is 2.60 bits per heavy atom. The highest BCUT2D eigenvalue weighted by Crippen LogP contribution is 2.41. The molecule has 4 nitrogen and oxygen atoms in total. The minimum atomic E-state index is -4.09.